The maximum absolute atomic E-state index is 12.0. The van der Waals surface area contributed by atoms with Gasteiger partial charge in [0.2, 0.25) is 5.91 Å². The third-order valence-corrected chi connectivity index (χ3v) is 4.52. The smallest absolute Gasteiger partial charge is 0.243 e. The molecule has 1 amide bonds. The van der Waals surface area contributed by atoms with E-state index in [1.165, 1.54) is 17.7 Å². The molecule has 0 aliphatic carbocycles. The van der Waals surface area contributed by atoms with Crippen molar-refractivity contribution >= 4 is 27.1 Å². The molecule has 0 aromatic heterocycles. The number of anilines is 2. The lowest BCUT2D eigenvalue weighted by atomic mass is 10.1. The van der Waals surface area contributed by atoms with Crippen LogP contribution >= 0.6 is 0 Å². The van der Waals surface area contributed by atoms with Gasteiger partial charge in [-0.05, 0) is 49.7 Å². The highest BCUT2D eigenvalue weighted by Gasteiger charge is 2.08. The Morgan fingerprint density at radius 2 is 1.70 bits per heavy atom. The summed E-state index contributed by atoms with van der Waals surface area (Å²) in [7, 11) is -3.23. The molecule has 0 bridgehead atoms. The lowest BCUT2D eigenvalue weighted by Crippen LogP contribution is -2.22. The maximum Gasteiger partial charge on any atom is 0.243 e. The van der Waals surface area contributed by atoms with Gasteiger partial charge < -0.3 is 10.6 Å². The summed E-state index contributed by atoms with van der Waals surface area (Å²) in [6.07, 6.45) is 1.15. The van der Waals surface area contributed by atoms with E-state index in [0.717, 1.165) is 17.5 Å². The highest BCUT2D eigenvalue weighted by Crippen LogP contribution is 2.16. The predicted octanol–water partition coefficient (Wildman–Crippen LogP) is 2.76. The van der Waals surface area contributed by atoms with Crippen molar-refractivity contribution in [1.29, 1.82) is 0 Å². The van der Waals surface area contributed by atoms with E-state index in [0.29, 0.717) is 5.69 Å². The van der Waals surface area contributed by atoms with E-state index in [1.807, 2.05) is 32.0 Å². The zero-order valence-corrected chi connectivity index (χ0v) is 14.2. The topological polar surface area (TPSA) is 75.3 Å². The van der Waals surface area contributed by atoms with Crippen molar-refractivity contribution in [3.8, 4) is 0 Å². The molecule has 0 unspecified atom stereocenters. The summed E-state index contributed by atoms with van der Waals surface area (Å²) in [6.45, 7) is 4.14. The Hall–Kier alpha value is -2.34. The maximum atomic E-state index is 12.0. The average Bonchev–Trinajstić information content (AvgIpc) is 2.46. The van der Waals surface area contributed by atoms with Crippen molar-refractivity contribution < 1.29 is 13.2 Å². The normalized spacial score (nSPS) is 11.1. The summed E-state index contributed by atoms with van der Waals surface area (Å²) in [5.41, 5.74) is 3.72. The first-order valence-corrected chi connectivity index (χ1v) is 9.06. The van der Waals surface area contributed by atoms with Gasteiger partial charge in [-0.2, -0.15) is 0 Å². The number of carbonyl (C=O) groups is 1. The summed E-state index contributed by atoms with van der Waals surface area (Å²) < 4.78 is 22.8. The molecule has 0 atom stereocenters. The molecular weight excluding hydrogens is 312 g/mol. The number of nitrogens with one attached hydrogen (secondary N) is 2. The lowest BCUT2D eigenvalue weighted by molar-refractivity contribution is -0.114. The van der Waals surface area contributed by atoms with Gasteiger partial charge in [0.1, 0.15) is 0 Å². The molecule has 122 valence electrons. The number of sulfone groups is 1. The molecule has 0 heterocycles. The Labute approximate surface area is 136 Å². The zero-order valence-electron chi connectivity index (χ0n) is 13.4. The molecule has 0 aliphatic rings. The number of hydrogen-bond donors (Lipinski definition) is 2. The van der Waals surface area contributed by atoms with E-state index in [2.05, 4.69) is 10.6 Å². The van der Waals surface area contributed by atoms with E-state index in [1.54, 1.807) is 12.1 Å². The molecule has 6 heteroatoms. The van der Waals surface area contributed by atoms with Crippen LogP contribution in [0, 0.1) is 13.8 Å². The first-order chi connectivity index (χ1) is 10.8. The number of carbonyl (C=O) groups excluding carboxylic acids is 1. The van der Waals surface area contributed by atoms with E-state index >= 15 is 0 Å². The van der Waals surface area contributed by atoms with Crippen molar-refractivity contribution in [2.45, 2.75) is 18.7 Å². The predicted molar refractivity (Wildman–Crippen MR) is 92.6 cm³/mol. The zero-order chi connectivity index (χ0) is 17.0. The SMILES string of the molecule is Cc1ccc(NCC(=O)Nc2ccc(S(C)(=O)=O)cc2)c(C)c1. The highest BCUT2D eigenvalue weighted by atomic mass is 32.2. The fourth-order valence-electron chi connectivity index (χ4n) is 2.18. The number of amides is 1. The van der Waals surface area contributed by atoms with Gasteiger partial charge in [-0.25, -0.2) is 8.42 Å². The third kappa shape index (κ3) is 4.82. The number of aryl methyl sites for hydroxylation is 2. The van der Waals surface area contributed by atoms with Gasteiger partial charge in [-0.15, -0.1) is 0 Å². The Morgan fingerprint density at radius 3 is 2.26 bits per heavy atom. The molecule has 0 radical (unpaired) electrons. The number of hydrogen-bond acceptors (Lipinski definition) is 4. The van der Waals surface area contributed by atoms with Crippen LogP contribution in [0.25, 0.3) is 0 Å². The molecule has 0 aliphatic heterocycles. The van der Waals surface area contributed by atoms with Gasteiger partial charge in [0.15, 0.2) is 9.84 Å². The summed E-state index contributed by atoms with van der Waals surface area (Å²) in [6, 6.07) is 12.1. The van der Waals surface area contributed by atoms with Gasteiger partial charge >= 0.3 is 0 Å². The minimum absolute atomic E-state index is 0.137. The van der Waals surface area contributed by atoms with Gasteiger partial charge in [-0.1, -0.05) is 17.7 Å². The molecule has 2 aromatic carbocycles. The van der Waals surface area contributed by atoms with E-state index in [-0.39, 0.29) is 17.3 Å². The summed E-state index contributed by atoms with van der Waals surface area (Å²) in [5.74, 6) is -0.197. The molecule has 5 nitrogen and oxygen atoms in total. The summed E-state index contributed by atoms with van der Waals surface area (Å²) in [4.78, 5) is 12.2. The van der Waals surface area contributed by atoms with Crippen LogP contribution in [0.5, 0.6) is 0 Å². The van der Waals surface area contributed by atoms with Crippen molar-refractivity contribution in [3.05, 3.63) is 53.6 Å². The van der Waals surface area contributed by atoms with Crippen LogP contribution in [0.3, 0.4) is 0 Å². The van der Waals surface area contributed by atoms with Crippen LogP contribution in [-0.4, -0.2) is 27.1 Å². The van der Waals surface area contributed by atoms with Crippen molar-refractivity contribution in [1.82, 2.24) is 0 Å². The fourth-order valence-corrected chi connectivity index (χ4v) is 2.81. The first kappa shape index (κ1) is 17.0. The standard InChI is InChI=1S/C17H20N2O3S/c1-12-4-9-16(13(2)10-12)18-11-17(20)19-14-5-7-15(8-6-14)23(3,21)22/h4-10,18H,11H2,1-3H3,(H,19,20). The quantitative estimate of drug-likeness (QED) is 0.883. The van der Waals surface area contributed by atoms with Crippen LogP contribution in [0.1, 0.15) is 11.1 Å². The van der Waals surface area contributed by atoms with Gasteiger partial charge in [0, 0.05) is 17.6 Å². The van der Waals surface area contributed by atoms with Gasteiger partial charge in [0.25, 0.3) is 0 Å². The van der Waals surface area contributed by atoms with Crippen LogP contribution in [0.4, 0.5) is 11.4 Å². The molecule has 2 aromatic rings. The second-order valence-electron chi connectivity index (χ2n) is 5.52. The molecule has 23 heavy (non-hydrogen) atoms. The monoisotopic (exact) mass is 332 g/mol. The second kappa shape index (κ2) is 6.83. The Bertz CT molecular complexity index is 812. The van der Waals surface area contributed by atoms with Gasteiger partial charge in [0.05, 0.1) is 11.4 Å². The Morgan fingerprint density at radius 1 is 1.04 bits per heavy atom. The number of rotatable bonds is 5. The molecule has 2 rings (SSSR count). The fraction of sp³-hybridized carbons (Fsp3) is 0.235. The Kier molecular flexibility index (Phi) is 5.05. The summed E-state index contributed by atoms with van der Waals surface area (Å²) in [5, 5.41) is 5.81. The van der Waals surface area contributed by atoms with E-state index in [9.17, 15) is 13.2 Å². The largest absolute Gasteiger partial charge is 0.376 e. The molecular formula is C17H20N2O3S. The third-order valence-electron chi connectivity index (χ3n) is 3.39. The molecule has 0 spiro atoms. The molecule has 0 saturated heterocycles. The van der Waals surface area contributed by atoms with Crippen molar-refractivity contribution in [2.24, 2.45) is 0 Å². The Balaban J connectivity index is 1.94. The lowest BCUT2D eigenvalue weighted by Gasteiger charge is -2.11. The first-order valence-electron chi connectivity index (χ1n) is 7.17. The van der Waals surface area contributed by atoms with Crippen LogP contribution < -0.4 is 10.6 Å². The van der Waals surface area contributed by atoms with Crippen LogP contribution in [0.15, 0.2) is 47.4 Å². The van der Waals surface area contributed by atoms with Gasteiger partial charge in [-0.3, -0.25) is 4.79 Å². The van der Waals surface area contributed by atoms with E-state index < -0.39 is 9.84 Å². The van der Waals surface area contributed by atoms with Crippen molar-refractivity contribution in [3.63, 3.8) is 0 Å². The molecule has 0 saturated carbocycles. The minimum atomic E-state index is -3.23. The molecule has 2 N–H and O–H groups in total. The van der Waals surface area contributed by atoms with Crippen LogP contribution in [0.2, 0.25) is 0 Å². The highest BCUT2D eigenvalue weighted by molar-refractivity contribution is 7.90. The van der Waals surface area contributed by atoms with Crippen LogP contribution in [-0.2, 0) is 14.6 Å². The second-order valence-corrected chi connectivity index (χ2v) is 7.53. The molecule has 0 fully saturated rings. The van der Waals surface area contributed by atoms with E-state index in [4.69, 9.17) is 0 Å². The minimum Gasteiger partial charge on any atom is -0.376 e. The summed E-state index contributed by atoms with van der Waals surface area (Å²) >= 11 is 0. The number of benzene rings is 2. The average molecular weight is 332 g/mol. The van der Waals surface area contributed by atoms with Crippen molar-refractivity contribution in [2.75, 3.05) is 23.4 Å².